The fourth-order valence-electron chi connectivity index (χ4n) is 3.85. The van der Waals surface area contributed by atoms with Gasteiger partial charge in [-0.15, -0.1) is 0 Å². The average molecular weight is 265 g/mol. The molecule has 0 bridgehead atoms. The number of hydrogen-bond acceptors (Lipinski definition) is 3. The zero-order chi connectivity index (χ0) is 13.2. The van der Waals surface area contributed by atoms with E-state index in [0.29, 0.717) is 11.8 Å². The second-order valence-electron chi connectivity index (χ2n) is 6.59. The van der Waals surface area contributed by atoms with Crippen LogP contribution in [-0.2, 0) is 4.79 Å². The van der Waals surface area contributed by atoms with Crippen LogP contribution in [0.1, 0.15) is 32.1 Å². The second kappa shape index (κ2) is 5.80. The van der Waals surface area contributed by atoms with Crippen molar-refractivity contribution in [1.82, 2.24) is 9.80 Å². The normalized spacial score (nSPS) is 34.4. The van der Waals surface area contributed by atoms with Gasteiger partial charge in [0, 0.05) is 32.1 Å². The summed E-state index contributed by atoms with van der Waals surface area (Å²) in [6.45, 7) is 5.92. The Kier molecular flexibility index (Phi) is 4.08. The van der Waals surface area contributed by atoms with Gasteiger partial charge in [0.15, 0.2) is 0 Å². The molecule has 0 aromatic carbocycles. The van der Waals surface area contributed by atoms with Gasteiger partial charge in [0.2, 0.25) is 5.91 Å². The van der Waals surface area contributed by atoms with Crippen molar-refractivity contribution in [3.05, 3.63) is 0 Å². The van der Waals surface area contributed by atoms with Crippen LogP contribution in [-0.4, -0.2) is 55.0 Å². The van der Waals surface area contributed by atoms with Gasteiger partial charge in [-0.05, 0) is 57.0 Å². The third kappa shape index (κ3) is 3.11. The Bertz CT molecular complexity index is 315. The molecule has 19 heavy (non-hydrogen) atoms. The van der Waals surface area contributed by atoms with Crippen LogP contribution in [0.15, 0.2) is 0 Å². The Hall–Kier alpha value is -0.610. The largest absolute Gasteiger partial charge is 0.340 e. The molecule has 2 atom stereocenters. The first-order valence-electron chi connectivity index (χ1n) is 7.99. The van der Waals surface area contributed by atoms with Crippen molar-refractivity contribution in [1.29, 1.82) is 0 Å². The maximum atomic E-state index is 12.4. The number of unbranched alkanes of at least 4 members (excludes halogenated alkanes) is 1. The van der Waals surface area contributed by atoms with Crippen LogP contribution in [0, 0.1) is 17.8 Å². The molecule has 4 nitrogen and oxygen atoms in total. The van der Waals surface area contributed by atoms with Crippen LogP contribution in [0.2, 0.25) is 0 Å². The minimum atomic E-state index is 0.368. The lowest BCUT2D eigenvalue weighted by molar-refractivity contribution is -0.137. The van der Waals surface area contributed by atoms with Gasteiger partial charge >= 0.3 is 0 Å². The van der Waals surface area contributed by atoms with Crippen molar-refractivity contribution in [3.8, 4) is 0 Å². The number of hydrogen-bond donors (Lipinski definition) is 1. The summed E-state index contributed by atoms with van der Waals surface area (Å²) in [6, 6.07) is 0. The summed E-state index contributed by atoms with van der Waals surface area (Å²) in [7, 11) is 0. The van der Waals surface area contributed by atoms with E-state index in [1.165, 1.54) is 25.7 Å². The van der Waals surface area contributed by atoms with E-state index in [-0.39, 0.29) is 0 Å². The highest BCUT2D eigenvalue weighted by Crippen LogP contribution is 2.54. The van der Waals surface area contributed by atoms with Crippen molar-refractivity contribution in [2.24, 2.45) is 23.5 Å². The van der Waals surface area contributed by atoms with Gasteiger partial charge in [0.25, 0.3) is 0 Å². The fraction of sp³-hybridized carbons (Fsp3) is 0.933. The highest BCUT2D eigenvalue weighted by atomic mass is 16.2. The van der Waals surface area contributed by atoms with Crippen LogP contribution in [0.5, 0.6) is 0 Å². The summed E-state index contributed by atoms with van der Waals surface area (Å²) < 4.78 is 0. The monoisotopic (exact) mass is 265 g/mol. The number of carbonyl (C=O) groups is 1. The summed E-state index contributed by atoms with van der Waals surface area (Å²) in [4.78, 5) is 17.0. The molecule has 3 rings (SSSR count). The Labute approximate surface area is 116 Å². The van der Waals surface area contributed by atoms with Gasteiger partial charge in [0.05, 0.1) is 0 Å². The molecule has 1 aliphatic heterocycles. The Balaban J connectivity index is 1.38. The smallest absolute Gasteiger partial charge is 0.225 e. The molecule has 0 spiro atoms. The second-order valence-corrected chi connectivity index (χ2v) is 6.59. The van der Waals surface area contributed by atoms with Crippen molar-refractivity contribution >= 4 is 5.91 Å². The molecule has 0 aromatic heterocycles. The third-order valence-corrected chi connectivity index (χ3v) is 5.21. The third-order valence-electron chi connectivity index (χ3n) is 5.21. The fourth-order valence-corrected chi connectivity index (χ4v) is 3.85. The summed E-state index contributed by atoms with van der Waals surface area (Å²) in [6.07, 6.45) is 6.07. The lowest BCUT2D eigenvalue weighted by Gasteiger charge is -2.36. The maximum absolute atomic E-state index is 12.4. The molecule has 3 aliphatic rings. The number of rotatable bonds is 5. The number of amides is 1. The molecule has 4 heteroatoms. The highest BCUT2D eigenvalue weighted by Gasteiger charge is 2.48. The van der Waals surface area contributed by atoms with Crippen LogP contribution in [0.25, 0.3) is 0 Å². The molecule has 1 heterocycles. The van der Waals surface area contributed by atoms with Gasteiger partial charge in [0.1, 0.15) is 0 Å². The van der Waals surface area contributed by atoms with E-state index in [2.05, 4.69) is 9.80 Å². The SMILES string of the molecule is NCCCCN1CCN(C(=O)C2CC3CC3C2)CC1. The van der Waals surface area contributed by atoms with E-state index in [1.807, 2.05) is 0 Å². The van der Waals surface area contributed by atoms with Crippen LogP contribution in [0.3, 0.4) is 0 Å². The number of nitrogens with two attached hydrogens (primary N) is 1. The molecule has 1 amide bonds. The van der Waals surface area contributed by atoms with Crippen molar-refractivity contribution in [3.63, 3.8) is 0 Å². The Morgan fingerprint density at radius 3 is 2.32 bits per heavy atom. The summed E-state index contributed by atoms with van der Waals surface area (Å²) in [5, 5.41) is 0. The minimum absolute atomic E-state index is 0.368. The lowest BCUT2D eigenvalue weighted by atomic mass is 10.0. The van der Waals surface area contributed by atoms with Crippen LogP contribution < -0.4 is 5.73 Å². The van der Waals surface area contributed by atoms with Gasteiger partial charge < -0.3 is 10.6 Å². The van der Waals surface area contributed by atoms with Gasteiger partial charge in [-0.3, -0.25) is 9.69 Å². The first-order valence-corrected chi connectivity index (χ1v) is 7.99. The predicted octanol–water partition coefficient (Wildman–Crippen LogP) is 0.916. The van der Waals surface area contributed by atoms with E-state index >= 15 is 0 Å². The number of carbonyl (C=O) groups excluding carboxylic acids is 1. The van der Waals surface area contributed by atoms with E-state index in [0.717, 1.165) is 57.5 Å². The summed E-state index contributed by atoms with van der Waals surface area (Å²) >= 11 is 0. The molecular formula is C15H27N3O. The number of nitrogens with zero attached hydrogens (tertiary/aromatic N) is 2. The predicted molar refractivity (Wildman–Crippen MR) is 75.6 cm³/mol. The minimum Gasteiger partial charge on any atom is -0.340 e. The molecule has 0 radical (unpaired) electrons. The summed E-state index contributed by atoms with van der Waals surface area (Å²) in [5.41, 5.74) is 5.52. The first kappa shape index (κ1) is 13.4. The molecule has 1 saturated heterocycles. The topological polar surface area (TPSA) is 49.6 Å². The molecule has 0 aromatic rings. The van der Waals surface area contributed by atoms with Crippen molar-refractivity contribution in [2.45, 2.75) is 32.1 Å². The van der Waals surface area contributed by atoms with Gasteiger partial charge in [-0.2, -0.15) is 0 Å². The van der Waals surface area contributed by atoms with Gasteiger partial charge in [-0.25, -0.2) is 0 Å². The molecule has 108 valence electrons. The Morgan fingerprint density at radius 2 is 1.68 bits per heavy atom. The maximum Gasteiger partial charge on any atom is 0.225 e. The molecule has 3 fully saturated rings. The quantitative estimate of drug-likeness (QED) is 0.752. The van der Waals surface area contributed by atoms with E-state index in [1.54, 1.807) is 0 Å². The molecular weight excluding hydrogens is 238 g/mol. The highest BCUT2D eigenvalue weighted by molar-refractivity contribution is 5.79. The van der Waals surface area contributed by atoms with Crippen molar-refractivity contribution in [2.75, 3.05) is 39.3 Å². The molecule has 2 N–H and O–H groups in total. The van der Waals surface area contributed by atoms with Crippen LogP contribution >= 0.6 is 0 Å². The van der Waals surface area contributed by atoms with Gasteiger partial charge in [-0.1, -0.05) is 0 Å². The molecule has 2 saturated carbocycles. The number of fused-ring (bicyclic) bond motifs is 1. The summed E-state index contributed by atoms with van der Waals surface area (Å²) in [5.74, 6) is 2.64. The first-order chi connectivity index (χ1) is 9.28. The van der Waals surface area contributed by atoms with Crippen molar-refractivity contribution < 1.29 is 4.79 Å². The zero-order valence-electron chi connectivity index (χ0n) is 11.9. The zero-order valence-corrected chi connectivity index (χ0v) is 11.9. The average Bonchev–Trinajstić information content (AvgIpc) is 3.05. The molecule has 2 aliphatic carbocycles. The molecule has 2 unspecified atom stereocenters. The van der Waals surface area contributed by atoms with E-state index < -0.39 is 0 Å². The van der Waals surface area contributed by atoms with E-state index in [9.17, 15) is 4.79 Å². The lowest BCUT2D eigenvalue weighted by Crippen LogP contribution is -2.50. The Morgan fingerprint density at radius 1 is 1.00 bits per heavy atom. The van der Waals surface area contributed by atoms with E-state index in [4.69, 9.17) is 5.73 Å². The van der Waals surface area contributed by atoms with Crippen LogP contribution in [0.4, 0.5) is 0 Å². The standard InChI is InChI=1S/C15H27N3O/c16-3-1-2-4-17-5-7-18(8-6-17)15(19)14-10-12-9-13(12)11-14/h12-14H,1-11,16H2. The number of piperazine rings is 1.